The maximum absolute atomic E-state index is 13.0. The van der Waals surface area contributed by atoms with Crippen LogP contribution in [-0.2, 0) is 20.0 Å². The quantitative estimate of drug-likeness (QED) is 0.311. The van der Waals surface area contributed by atoms with E-state index in [1.54, 1.807) is 13.8 Å². The predicted octanol–water partition coefficient (Wildman–Crippen LogP) is 6.18. The second-order valence-corrected chi connectivity index (χ2v) is 10.3. The van der Waals surface area contributed by atoms with Crippen LogP contribution >= 0.6 is 18.2 Å². The van der Waals surface area contributed by atoms with E-state index in [1.807, 2.05) is 48.5 Å². The molecule has 6 heteroatoms. The summed E-state index contributed by atoms with van der Waals surface area (Å²) in [5.74, 6) is 0.0423. The fraction of sp³-hybridized carbons (Fsp3) is 0.381. The number of hydrogen-bond donors (Lipinski definition) is 0. The number of carbonyl (C=O) groups excluding carboxylic acids is 1. The normalized spacial score (nSPS) is 12.7. The van der Waals surface area contributed by atoms with Crippen LogP contribution in [0.2, 0.25) is 0 Å². The Kier molecular flexibility index (Phi) is 9.29. The van der Waals surface area contributed by atoms with Crippen molar-refractivity contribution in [3.05, 3.63) is 71.8 Å². The second-order valence-electron chi connectivity index (χ2n) is 6.03. The first-order valence-corrected chi connectivity index (χ1v) is 12.3. The molecule has 0 fully saturated rings. The summed E-state index contributed by atoms with van der Waals surface area (Å²) < 4.78 is 23.8. The zero-order valence-corrected chi connectivity index (χ0v) is 17.6. The van der Waals surface area contributed by atoms with Crippen LogP contribution in [0.15, 0.2) is 60.7 Å². The van der Waals surface area contributed by atoms with Crippen molar-refractivity contribution in [3.63, 3.8) is 0 Å². The van der Waals surface area contributed by atoms with Crippen LogP contribution in [0.5, 0.6) is 0 Å². The van der Waals surface area contributed by atoms with Crippen molar-refractivity contribution in [2.75, 3.05) is 13.2 Å². The van der Waals surface area contributed by atoms with E-state index in [2.05, 4.69) is 12.1 Å². The fourth-order valence-corrected chi connectivity index (χ4v) is 6.99. The Morgan fingerprint density at radius 1 is 0.963 bits per heavy atom. The van der Waals surface area contributed by atoms with E-state index >= 15 is 0 Å². The van der Waals surface area contributed by atoms with E-state index < -0.39 is 6.80 Å². The molecule has 0 bridgehead atoms. The van der Waals surface area contributed by atoms with Crippen LogP contribution in [0.1, 0.15) is 42.6 Å². The van der Waals surface area contributed by atoms with Gasteiger partial charge >= 0.3 is 6.80 Å². The Morgan fingerprint density at radius 2 is 1.52 bits per heavy atom. The third-order valence-corrected chi connectivity index (χ3v) is 8.37. The zero-order chi connectivity index (χ0) is 19.5. The van der Waals surface area contributed by atoms with Gasteiger partial charge in [-0.25, -0.2) is 4.57 Å². The van der Waals surface area contributed by atoms with Gasteiger partial charge in [-0.3, -0.25) is 4.79 Å². The molecule has 0 amide bonds. The minimum Gasteiger partial charge on any atom is -0.301 e. The van der Waals surface area contributed by atoms with Crippen molar-refractivity contribution in [1.82, 2.24) is 0 Å². The molecule has 27 heavy (non-hydrogen) atoms. The molecular weight excluding hydrogens is 379 g/mol. The third-order valence-electron chi connectivity index (χ3n) is 3.96. The topological polar surface area (TPSA) is 52.6 Å². The van der Waals surface area contributed by atoms with Crippen LogP contribution in [0, 0.1) is 0 Å². The molecule has 0 saturated carbocycles. The molecule has 0 aliphatic heterocycles. The van der Waals surface area contributed by atoms with Crippen LogP contribution in [0.25, 0.3) is 0 Å². The number of benzene rings is 2. The van der Waals surface area contributed by atoms with Crippen molar-refractivity contribution in [3.8, 4) is 0 Å². The molecule has 0 N–H and O–H groups in total. The SMILES string of the molecule is CCOP(=O)(OCC)S[C@@H](CCc1ccccc1)CC(=O)c1ccccc1. The van der Waals surface area contributed by atoms with Gasteiger partial charge in [0.15, 0.2) is 5.78 Å². The summed E-state index contributed by atoms with van der Waals surface area (Å²) in [6.45, 7) is 0.920. The summed E-state index contributed by atoms with van der Waals surface area (Å²) in [5.41, 5.74) is 1.86. The summed E-state index contributed by atoms with van der Waals surface area (Å²) in [6.07, 6.45) is 1.82. The van der Waals surface area contributed by atoms with Crippen LogP contribution < -0.4 is 0 Å². The van der Waals surface area contributed by atoms with Gasteiger partial charge in [-0.2, -0.15) is 0 Å². The Bertz CT molecular complexity index is 726. The number of rotatable bonds is 12. The van der Waals surface area contributed by atoms with Gasteiger partial charge < -0.3 is 9.05 Å². The average Bonchev–Trinajstić information content (AvgIpc) is 2.68. The predicted molar refractivity (Wildman–Crippen MR) is 112 cm³/mol. The van der Waals surface area contributed by atoms with E-state index in [9.17, 15) is 9.36 Å². The lowest BCUT2D eigenvalue weighted by atomic mass is 10.0. The molecule has 2 rings (SSSR count). The van der Waals surface area contributed by atoms with E-state index in [4.69, 9.17) is 9.05 Å². The van der Waals surface area contributed by atoms with Gasteiger partial charge in [0.25, 0.3) is 0 Å². The maximum Gasteiger partial charge on any atom is 0.389 e. The molecule has 0 saturated heterocycles. The van der Waals surface area contributed by atoms with Crippen molar-refractivity contribution in [1.29, 1.82) is 0 Å². The fourth-order valence-electron chi connectivity index (χ4n) is 2.71. The highest BCUT2D eigenvalue weighted by Crippen LogP contribution is 2.63. The molecule has 2 aromatic rings. The third kappa shape index (κ3) is 7.63. The highest BCUT2D eigenvalue weighted by atomic mass is 32.7. The number of Topliss-reactive ketones (excluding diaryl/α,β-unsaturated/α-hetero) is 1. The molecule has 0 aliphatic carbocycles. The molecule has 0 unspecified atom stereocenters. The molecule has 0 heterocycles. The largest absolute Gasteiger partial charge is 0.389 e. The van der Waals surface area contributed by atoms with E-state index in [1.165, 1.54) is 16.9 Å². The molecule has 0 spiro atoms. The lowest BCUT2D eigenvalue weighted by Gasteiger charge is -2.22. The Morgan fingerprint density at radius 3 is 2.07 bits per heavy atom. The van der Waals surface area contributed by atoms with Gasteiger partial charge in [-0.1, -0.05) is 60.7 Å². The molecular formula is C21H27O4PS. The molecule has 1 atom stereocenters. The van der Waals surface area contributed by atoms with Crippen LogP contribution in [0.3, 0.4) is 0 Å². The first kappa shape index (κ1) is 21.9. The van der Waals surface area contributed by atoms with Crippen LogP contribution in [0.4, 0.5) is 0 Å². The lowest BCUT2D eigenvalue weighted by Crippen LogP contribution is -2.13. The first-order valence-electron chi connectivity index (χ1n) is 9.26. The molecule has 0 aliphatic rings. The van der Waals surface area contributed by atoms with Gasteiger partial charge in [-0.05, 0) is 43.6 Å². The minimum atomic E-state index is -3.28. The molecule has 146 valence electrons. The number of ketones is 1. The monoisotopic (exact) mass is 406 g/mol. The van der Waals surface area contributed by atoms with Gasteiger partial charge in [0.2, 0.25) is 0 Å². The molecule has 4 nitrogen and oxygen atoms in total. The first-order chi connectivity index (χ1) is 13.1. The summed E-state index contributed by atoms with van der Waals surface area (Å²) in [6, 6.07) is 19.3. The Hall–Kier alpha value is -1.39. The highest BCUT2D eigenvalue weighted by molar-refractivity contribution is 8.55. The van der Waals surface area contributed by atoms with Crippen molar-refractivity contribution in [2.24, 2.45) is 0 Å². The number of hydrogen-bond acceptors (Lipinski definition) is 5. The Labute approximate surface area is 165 Å². The summed E-state index contributed by atoms with van der Waals surface area (Å²) in [5, 5.41) is -0.151. The van der Waals surface area contributed by atoms with E-state index in [0.29, 0.717) is 25.2 Å². The van der Waals surface area contributed by atoms with Crippen molar-refractivity contribution < 1.29 is 18.4 Å². The molecule has 0 radical (unpaired) electrons. The number of aryl methyl sites for hydroxylation is 1. The molecule has 0 aromatic heterocycles. The van der Waals surface area contributed by atoms with E-state index in [-0.39, 0.29) is 11.0 Å². The Balaban J connectivity index is 2.11. The van der Waals surface area contributed by atoms with Crippen molar-refractivity contribution >= 4 is 24.0 Å². The van der Waals surface area contributed by atoms with Crippen LogP contribution in [-0.4, -0.2) is 24.2 Å². The maximum atomic E-state index is 13.0. The average molecular weight is 406 g/mol. The standard InChI is InChI=1S/C21H27O4PS/c1-3-24-26(23,25-4-2)27-20(16-15-18-11-7-5-8-12-18)17-21(22)19-13-9-6-10-14-19/h5-14,20H,3-4,15-17H2,1-2H3/t20-/m0/s1. The highest BCUT2D eigenvalue weighted by Gasteiger charge is 2.31. The second kappa shape index (κ2) is 11.5. The lowest BCUT2D eigenvalue weighted by molar-refractivity contribution is 0.0981. The number of carbonyl (C=O) groups is 1. The smallest absolute Gasteiger partial charge is 0.301 e. The van der Waals surface area contributed by atoms with Gasteiger partial charge in [-0.15, -0.1) is 0 Å². The van der Waals surface area contributed by atoms with Gasteiger partial charge in [0, 0.05) is 17.2 Å². The van der Waals surface area contributed by atoms with E-state index in [0.717, 1.165) is 12.8 Å². The summed E-state index contributed by atoms with van der Waals surface area (Å²) in [7, 11) is 0. The van der Waals surface area contributed by atoms with Gasteiger partial charge in [0.1, 0.15) is 0 Å². The zero-order valence-electron chi connectivity index (χ0n) is 15.9. The molecule has 2 aromatic carbocycles. The summed E-state index contributed by atoms with van der Waals surface area (Å²) >= 11 is 1.17. The van der Waals surface area contributed by atoms with Gasteiger partial charge in [0.05, 0.1) is 13.2 Å². The van der Waals surface area contributed by atoms with Crippen molar-refractivity contribution in [2.45, 2.75) is 38.4 Å². The summed E-state index contributed by atoms with van der Waals surface area (Å²) in [4.78, 5) is 12.7. The minimum absolute atomic E-state index is 0.0423.